The SMILES string of the molecule is C=CCOC(=O)c1sc(N2C(=O)C(=O)/C(=C(/O)c3ccc(OC)cc3C)[C@@H]2c2ccccc2OC)nc1C. The van der Waals surface area contributed by atoms with Crippen molar-refractivity contribution in [1.29, 1.82) is 0 Å². The number of benzene rings is 2. The molecule has 1 N–H and O–H groups in total. The smallest absolute Gasteiger partial charge is 0.350 e. The number of amides is 1. The van der Waals surface area contributed by atoms with Crippen molar-refractivity contribution in [3.05, 3.63) is 88.0 Å². The molecule has 1 aliphatic rings. The predicted molar refractivity (Wildman–Crippen MR) is 143 cm³/mol. The van der Waals surface area contributed by atoms with Crippen molar-refractivity contribution in [2.45, 2.75) is 19.9 Å². The topological polar surface area (TPSA) is 115 Å². The quantitative estimate of drug-likeness (QED) is 0.145. The van der Waals surface area contributed by atoms with E-state index in [1.165, 1.54) is 25.2 Å². The summed E-state index contributed by atoms with van der Waals surface area (Å²) in [6, 6.07) is 10.8. The highest BCUT2D eigenvalue weighted by Gasteiger charge is 2.49. The van der Waals surface area contributed by atoms with Crippen LogP contribution in [0, 0.1) is 13.8 Å². The van der Waals surface area contributed by atoms with Crippen LogP contribution in [0.25, 0.3) is 5.76 Å². The van der Waals surface area contributed by atoms with E-state index in [1.807, 2.05) is 0 Å². The molecule has 1 aliphatic heterocycles. The molecule has 1 amide bonds. The van der Waals surface area contributed by atoms with Crippen molar-refractivity contribution in [2.24, 2.45) is 0 Å². The second-order valence-corrected chi connectivity index (χ2v) is 9.37. The molecule has 0 unspecified atom stereocenters. The zero-order valence-corrected chi connectivity index (χ0v) is 22.1. The summed E-state index contributed by atoms with van der Waals surface area (Å²) in [5, 5.41) is 11.6. The molecular formula is C28H26N2O7S. The molecule has 38 heavy (non-hydrogen) atoms. The number of aliphatic hydroxyl groups is 1. The van der Waals surface area contributed by atoms with Gasteiger partial charge in [-0.25, -0.2) is 9.78 Å². The van der Waals surface area contributed by atoms with Gasteiger partial charge in [-0.15, -0.1) is 0 Å². The summed E-state index contributed by atoms with van der Waals surface area (Å²) in [7, 11) is 3.00. The maximum absolute atomic E-state index is 13.5. The van der Waals surface area contributed by atoms with Crippen molar-refractivity contribution in [3.63, 3.8) is 0 Å². The number of aryl methyl sites for hydroxylation is 2. The highest BCUT2D eigenvalue weighted by atomic mass is 32.1. The van der Waals surface area contributed by atoms with Gasteiger partial charge in [0.1, 0.15) is 34.8 Å². The van der Waals surface area contributed by atoms with Crippen molar-refractivity contribution in [1.82, 2.24) is 4.98 Å². The third-order valence-electron chi connectivity index (χ3n) is 6.08. The third-order valence-corrected chi connectivity index (χ3v) is 7.21. The van der Waals surface area contributed by atoms with E-state index in [0.717, 1.165) is 11.3 Å². The Morgan fingerprint density at radius 1 is 1.16 bits per heavy atom. The average Bonchev–Trinajstić information content (AvgIpc) is 3.43. The Kier molecular flexibility index (Phi) is 7.63. The fourth-order valence-corrected chi connectivity index (χ4v) is 5.25. The molecule has 0 saturated carbocycles. The van der Waals surface area contributed by atoms with Crippen LogP contribution in [-0.4, -0.2) is 48.6 Å². The maximum Gasteiger partial charge on any atom is 0.350 e. The first-order chi connectivity index (χ1) is 18.2. The Morgan fingerprint density at radius 2 is 1.89 bits per heavy atom. The number of esters is 1. The number of aliphatic hydroxyl groups excluding tert-OH is 1. The third kappa shape index (κ3) is 4.66. The molecule has 1 saturated heterocycles. The van der Waals surface area contributed by atoms with Gasteiger partial charge in [0, 0.05) is 11.1 Å². The largest absolute Gasteiger partial charge is 0.507 e. The van der Waals surface area contributed by atoms with Gasteiger partial charge in [0.2, 0.25) is 0 Å². The number of hydrogen-bond donors (Lipinski definition) is 1. The molecule has 2 aromatic carbocycles. The summed E-state index contributed by atoms with van der Waals surface area (Å²) in [6.07, 6.45) is 1.44. The Hall–Kier alpha value is -4.44. The molecule has 0 spiro atoms. The van der Waals surface area contributed by atoms with Gasteiger partial charge >= 0.3 is 11.9 Å². The molecule has 4 rings (SSSR count). The van der Waals surface area contributed by atoms with Crippen molar-refractivity contribution >= 4 is 39.9 Å². The lowest BCUT2D eigenvalue weighted by molar-refractivity contribution is -0.132. The van der Waals surface area contributed by atoms with E-state index in [4.69, 9.17) is 14.2 Å². The Morgan fingerprint density at radius 3 is 2.55 bits per heavy atom. The van der Waals surface area contributed by atoms with Gasteiger partial charge in [-0.1, -0.05) is 42.2 Å². The summed E-state index contributed by atoms with van der Waals surface area (Å²) in [5.41, 5.74) is 1.68. The molecular weight excluding hydrogens is 508 g/mol. The number of ether oxygens (including phenoxy) is 3. The van der Waals surface area contributed by atoms with Crippen LogP contribution in [0.1, 0.15) is 38.1 Å². The number of nitrogens with zero attached hydrogens (tertiary/aromatic N) is 2. The van der Waals surface area contributed by atoms with Crippen LogP contribution in [0.3, 0.4) is 0 Å². The lowest BCUT2D eigenvalue weighted by Crippen LogP contribution is -2.29. The zero-order valence-electron chi connectivity index (χ0n) is 21.3. The van der Waals surface area contributed by atoms with Crippen LogP contribution < -0.4 is 14.4 Å². The number of hydrogen-bond acceptors (Lipinski definition) is 9. The predicted octanol–water partition coefficient (Wildman–Crippen LogP) is 4.75. The van der Waals surface area contributed by atoms with Crippen LogP contribution in [0.2, 0.25) is 0 Å². The summed E-state index contributed by atoms with van der Waals surface area (Å²) in [4.78, 5) is 45.3. The second kappa shape index (κ2) is 10.9. The molecule has 10 heteroatoms. The number of aromatic nitrogens is 1. The summed E-state index contributed by atoms with van der Waals surface area (Å²) < 4.78 is 15.9. The minimum atomic E-state index is -1.07. The number of carbonyl (C=O) groups is 3. The maximum atomic E-state index is 13.5. The first-order valence-electron chi connectivity index (χ1n) is 11.6. The fourth-order valence-electron chi connectivity index (χ4n) is 4.27. The van der Waals surface area contributed by atoms with Crippen molar-refractivity contribution < 1.29 is 33.7 Å². The molecule has 1 atom stereocenters. The minimum absolute atomic E-state index is 0.0123. The summed E-state index contributed by atoms with van der Waals surface area (Å²) in [5.74, 6) is -1.77. The molecule has 1 fully saturated rings. The van der Waals surface area contributed by atoms with E-state index in [-0.39, 0.29) is 27.9 Å². The van der Waals surface area contributed by atoms with E-state index < -0.39 is 23.7 Å². The van der Waals surface area contributed by atoms with E-state index in [2.05, 4.69) is 11.6 Å². The monoisotopic (exact) mass is 534 g/mol. The molecule has 1 aromatic heterocycles. The first-order valence-corrected chi connectivity index (χ1v) is 12.4. The summed E-state index contributed by atoms with van der Waals surface area (Å²) in [6.45, 7) is 6.92. The van der Waals surface area contributed by atoms with E-state index in [1.54, 1.807) is 56.3 Å². The van der Waals surface area contributed by atoms with Crippen molar-refractivity contribution in [3.8, 4) is 11.5 Å². The standard InChI is InChI=1S/C28H26N2O7S/c1-6-13-37-27(34)25-16(3)29-28(38-25)30-22(19-9-7-8-10-20(19)36-5)21(24(32)26(30)33)23(31)18-12-11-17(35-4)14-15(18)2/h6-12,14,22,31H,1,13H2,2-5H3/b23-21+/t22-/m0/s1. The number of thiazole rings is 1. The zero-order chi connectivity index (χ0) is 27.6. The van der Waals surface area contributed by atoms with Gasteiger partial charge < -0.3 is 19.3 Å². The number of anilines is 1. The van der Waals surface area contributed by atoms with E-state index in [9.17, 15) is 19.5 Å². The van der Waals surface area contributed by atoms with Gasteiger partial charge in [0.15, 0.2) is 5.13 Å². The number of rotatable bonds is 8. The minimum Gasteiger partial charge on any atom is -0.507 e. The van der Waals surface area contributed by atoms with Gasteiger partial charge in [-0.3, -0.25) is 14.5 Å². The van der Waals surface area contributed by atoms with Crippen LogP contribution >= 0.6 is 11.3 Å². The molecule has 3 aromatic rings. The highest BCUT2D eigenvalue weighted by molar-refractivity contribution is 7.17. The van der Waals surface area contributed by atoms with Crippen LogP contribution in [0.15, 0.2) is 60.7 Å². The van der Waals surface area contributed by atoms with Gasteiger partial charge in [-0.05, 0) is 43.7 Å². The highest BCUT2D eigenvalue weighted by Crippen LogP contribution is 2.46. The number of para-hydroxylation sites is 1. The first kappa shape index (κ1) is 26.6. The molecule has 0 bridgehead atoms. The average molecular weight is 535 g/mol. The fraction of sp³-hybridized carbons (Fsp3) is 0.214. The summed E-state index contributed by atoms with van der Waals surface area (Å²) >= 11 is 0.922. The van der Waals surface area contributed by atoms with Crippen LogP contribution in [-0.2, 0) is 14.3 Å². The Bertz CT molecular complexity index is 1470. The Labute approximate surface area is 223 Å². The molecule has 196 valence electrons. The Balaban J connectivity index is 1.94. The van der Waals surface area contributed by atoms with Crippen molar-refractivity contribution in [2.75, 3.05) is 25.7 Å². The van der Waals surface area contributed by atoms with Gasteiger partial charge in [0.05, 0.1) is 25.5 Å². The van der Waals surface area contributed by atoms with Gasteiger partial charge in [0.25, 0.3) is 5.78 Å². The molecule has 9 nitrogen and oxygen atoms in total. The van der Waals surface area contributed by atoms with E-state index in [0.29, 0.717) is 33.9 Å². The molecule has 0 aliphatic carbocycles. The van der Waals surface area contributed by atoms with Crippen LogP contribution in [0.5, 0.6) is 11.5 Å². The number of Topliss-reactive ketones (excluding diaryl/α,β-unsaturated/α-hetero) is 1. The number of methoxy groups -OCH3 is 2. The second-order valence-electron chi connectivity index (χ2n) is 8.39. The van der Waals surface area contributed by atoms with Gasteiger partial charge in [-0.2, -0.15) is 0 Å². The molecule has 2 heterocycles. The van der Waals surface area contributed by atoms with Crippen LogP contribution in [0.4, 0.5) is 5.13 Å². The number of carbonyl (C=O) groups excluding carboxylic acids is 3. The van der Waals surface area contributed by atoms with E-state index >= 15 is 0 Å². The number of ketones is 1. The lowest BCUT2D eigenvalue weighted by Gasteiger charge is -2.24. The lowest BCUT2D eigenvalue weighted by atomic mass is 9.93. The molecule has 0 radical (unpaired) electrons. The normalized spacial score (nSPS) is 16.4.